The van der Waals surface area contributed by atoms with Crippen molar-refractivity contribution in [1.82, 2.24) is 0 Å². The van der Waals surface area contributed by atoms with E-state index in [1.54, 1.807) is 0 Å². The van der Waals surface area contributed by atoms with Crippen LogP contribution in [0, 0.1) is 11.6 Å². The molecule has 0 unspecified atom stereocenters. The third kappa shape index (κ3) is 2.78. The fraction of sp³-hybridized carbons (Fsp3) is 0.250. The van der Waals surface area contributed by atoms with Gasteiger partial charge in [-0.05, 0) is 12.1 Å². The average Bonchev–Trinajstić information content (AvgIpc) is 2.02. The third-order valence-corrected chi connectivity index (χ3v) is 1.83. The van der Waals surface area contributed by atoms with E-state index in [4.69, 9.17) is 22.4 Å². The van der Waals surface area contributed by atoms with Crippen LogP contribution < -0.4 is 5.73 Å². The van der Waals surface area contributed by atoms with Crippen molar-refractivity contribution in [1.29, 1.82) is 0 Å². The molecule has 0 spiro atoms. The van der Waals surface area contributed by atoms with Gasteiger partial charge in [0.25, 0.3) is 0 Å². The van der Waals surface area contributed by atoms with Gasteiger partial charge in [-0.15, -0.1) is 12.4 Å². The summed E-state index contributed by atoms with van der Waals surface area (Å²) in [5.74, 6) is -1.68. The Labute approximate surface area is 91.1 Å². The van der Waals surface area contributed by atoms with E-state index in [0.29, 0.717) is 0 Å². The molecule has 1 atom stereocenters. The molecule has 0 aromatic heterocycles. The number of hydrogen-bond acceptors (Lipinski definition) is 2. The largest absolute Gasteiger partial charge is 0.394 e. The maximum atomic E-state index is 13.0. The molecule has 0 saturated carbocycles. The summed E-state index contributed by atoms with van der Waals surface area (Å²) in [6.07, 6.45) is 0. The van der Waals surface area contributed by atoms with E-state index >= 15 is 0 Å². The Balaban J connectivity index is 0.00000169. The monoisotopic (exact) mass is 243 g/mol. The van der Waals surface area contributed by atoms with Crippen molar-refractivity contribution in [3.05, 3.63) is 34.4 Å². The van der Waals surface area contributed by atoms with Gasteiger partial charge in [-0.2, -0.15) is 0 Å². The Morgan fingerprint density at radius 3 is 2.14 bits per heavy atom. The average molecular weight is 244 g/mol. The van der Waals surface area contributed by atoms with Crippen LogP contribution in [0.25, 0.3) is 0 Å². The summed E-state index contributed by atoms with van der Waals surface area (Å²) in [6.45, 7) is -0.518. The van der Waals surface area contributed by atoms with Gasteiger partial charge in [0.15, 0.2) is 0 Å². The van der Waals surface area contributed by atoms with Crippen molar-refractivity contribution in [2.24, 2.45) is 5.73 Å². The highest BCUT2D eigenvalue weighted by molar-refractivity contribution is 6.30. The minimum atomic E-state index is -1.06. The molecule has 1 aromatic rings. The Bertz CT molecular complexity index is 299. The Morgan fingerprint density at radius 1 is 1.36 bits per heavy atom. The highest BCUT2D eigenvalue weighted by Gasteiger charge is 2.16. The lowest BCUT2D eigenvalue weighted by Gasteiger charge is -2.10. The lowest BCUT2D eigenvalue weighted by molar-refractivity contribution is 0.262. The Morgan fingerprint density at radius 2 is 1.79 bits per heavy atom. The highest BCUT2D eigenvalue weighted by Crippen LogP contribution is 2.22. The van der Waals surface area contributed by atoms with E-state index < -0.39 is 24.3 Å². The van der Waals surface area contributed by atoms with Gasteiger partial charge in [-0.3, -0.25) is 0 Å². The van der Waals surface area contributed by atoms with Gasteiger partial charge in [0.05, 0.1) is 12.6 Å². The Hall–Kier alpha value is -0.420. The van der Waals surface area contributed by atoms with Crippen molar-refractivity contribution in [2.45, 2.75) is 6.04 Å². The van der Waals surface area contributed by atoms with Crippen LogP contribution in [0.4, 0.5) is 8.78 Å². The molecule has 0 fully saturated rings. The van der Waals surface area contributed by atoms with Crippen LogP contribution in [0.2, 0.25) is 5.02 Å². The molecule has 0 amide bonds. The van der Waals surface area contributed by atoms with E-state index in [2.05, 4.69) is 0 Å². The normalized spacial score (nSPS) is 12.1. The molecular weight excluding hydrogens is 235 g/mol. The van der Waals surface area contributed by atoms with Crippen LogP contribution in [-0.2, 0) is 0 Å². The van der Waals surface area contributed by atoms with Gasteiger partial charge in [0, 0.05) is 10.6 Å². The number of benzene rings is 1. The third-order valence-electron chi connectivity index (χ3n) is 1.61. The van der Waals surface area contributed by atoms with Crippen LogP contribution in [-0.4, -0.2) is 11.7 Å². The first-order valence-corrected chi connectivity index (χ1v) is 3.95. The number of rotatable bonds is 2. The first-order valence-electron chi connectivity index (χ1n) is 3.57. The van der Waals surface area contributed by atoms with Crippen LogP contribution in [0.1, 0.15) is 11.6 Å². The molecule has 3 N–H and O–H groups in total. The van der Waals surface area contributed by atoms with Crippen LogP contribution in [0.3, 0.4) is 0 Å². The summed E-state index contributed by atoms with van der Waals surface area (Å²) < 4.78 is 26.1. The van der Waals surface area contributed by atoms with Crippen LogP contribution >= 0.6 is 24.0 Å². The SMILES string of the molecule is Cl.N[C@@H](CO)c1c(F)cc(Cl)cc1F. The number of nitrogens with two attached hydrogens (primary N) is 1. The Kier molecular flexibility index (Phi) is 5.29. The molecule has 0 aliphatic carbocycles. The molecule has 0 aliphatic heterocycles. The summed E-state index contributed by atoms with van der Waals surface area (Å²) in [5, 5.41) is 8.58. The number of aliphatic hydroxyl groups excluding tert-OH is 1. The fourth-order valence-corrected chi connectivity index (χ4v) is 1.19. The second-order valence-corrected chi connectivity index (χ2v) is 3.01. The molecule has 0 radical (unpaired) electrons. The standard InChI is InChI=1S/C8H8ClF2NO.ClH/c9-4-1-5(10)8(6(11)2-4)7(12)3-13;/h1-2,7,13H,3,12H2;1H/t7-;/m0./s1. The number of halogens is 4. The molecule has 1 rings (SSSR count). The van der Waals surface area contributed by atoms with Crippen molar-refractivity contribution in [2.75, 3.05) is 6.61 Å². The fourth-order valence-electron chi connectivity index (χ4n) is 0.999. The van der Waals surface area contributed by atoms with Gasteiger partial charge in [0.2, 0.25) is 0 Å². The van der Waals surface area contributed by atoms with E-state index in [-0.39, 0.29) is 23.0 Å². The van der Waals surface area contributed by atoms with Crippen molar-refractivity contribution in [3.8, 4) is 0 Å². The van der Waals surface area contributed by atoms with Gasteiger partial charge < -0.3 is 10.8 Å². The summed E-state index contributed by atoms with van der Waals surface area (Å²) in [6, 6.07) is 0.850. The molecule has 14 heavy (non-hydrogen) atoms. The second kappa shape index (κ2) is 5.46. The molecule has 0 saturated heterocycles. The molecule has 1 aromatic carbocycles. The van der Waals surface area contributed by atoms with Gasteiger partial charge in [0.1, 0.15) is 11.6 Å². The van der Waals surface area contributed by atoms with Crippen LogP contribution in [0.5, 0.6) is 0 Å². The van der Waals surface area contributed by atoms with Crippen molar-refractivity contribution < 1.29 is 13.9 Å². The first kappa shape index (κ1) is 13.6. The summed E-state index contributed by atoms with van der Waals surface area (Å²) >= 11 is 5.39. The lowest BCUT2D eigenvalue weighted by Crippen LogP contribution is -2.17. The quantitative estimate of drug-likeness (QED) is 0.836. The zero-order valence-corrected chi connectivity index (χ0v) is 8.58. The van der Waals surface area contributed by atoms with E-state index in [1.165, 1.54) is 0 Å². The summed E-state index contributed by atoms with van der Waals surface area (Å²) in [5.41, 5.74) is 4.93. The molecule has 80 valence electrons. The summed E-state index contributed by atoms with van der Waals surface area (Å²) in [7, 11) is 0. The zero-order chi connectivity index (χ0) is 10.0. The molecule has 2 nitrogen and oxygen atoms in total. The van der Waals surface area contributed by atoms with E-state index in [1.807, 2.05) is 0 Å². The minimum absolute atomic E-state index is 0. The maximum absolute atomic E-state index is 13.0. The summed E-state index contributed by atoms with van der Waals surface area (Å²) in [4.78, 5) is 0. The van der Waals surface area contributed by atoms with Crippen molar-refractivity contribution >= 4 is 24.0 Å². The highest BCUT2D eigenvalue weighted by atomic mass is 35.5. The molecular formula is C8H9Cl2F2NO. The second-order valence-electron chi connectivity index (χ2n) is 2.57. The topological polar surface area (TPSA) is 46.2 Å². The number of hydrogen-bond donors (Lipinski definition) is 2. The van der Waals surface area contributed by atoms with Crippen molar-refractivity contribution in [3.63, 3.8) is 0 Å². The molecule has 0 bridgehead atoms. The zero-order valence-electron chi connectivity index (χ0n) is 7.01. The molecule has 6 heteroatoms. The first-order chi connectivity index (χ1) is 6.06. The minimum Gasteiger partial charge on any atom is -0.394 e. The van der Waals surface area contributed by atoms with E-state index in [0.717, 1.165) is 12.1 Å². The number of aliphatic hydroxyl groups is 1. The molecule has 0 aliphatic rings. The predicted molar refractivity (Wildman–Crippen MR) is 52.6 cm³/mol. The van der Waals surface area contributed by atoms with E-state index in [9.17, 15) is 8.78 Å². The van der Waals surface area contributed by atoms with Gasteiger partial charge >= 0.3 is 0 Å². The predicted octanol–water partition coefficient (Wildman–Crippen LogP) is 2.03. The van der Waals surface area contributed by atoms with Crippen LogP contribution in [0.15, 0.2) is 12.1 Å². The van der Waals surface area contributed by atoms with Gasteiger partial charge in [-0.25, -0.2) is 8.78 Å². The smallest absolute Gasteiger partial charge is 0.132 e. The lowest BCUT2D eigenvalue weighted by atomic mass is 10.1. The molecule has 0 heterocycles. The van der Waals surface area contributed by atoms with Gasteiger partial charge in [-0.1, -0.05) is 11.6 Å². The maximum Gasteiger partial charge on any atom is 0.132 e.